The third kappa shape index (κ3) is 6.28. The highest BCUT2D eigenvalue weighted by Crippen LogP contribution is 2.19. The van der Waals surface area contributed by atoms with E-state index >= 15 is 0 Å². The van der Waals surface area contributed by atoms with Crippen molar-refractivity contribution < 1.29 is 14.3 Å². The first-order valence-corrected chi connectivity index (χ1v) is 10.3. The van der Waals surface area contributed by atoms with Crippen molar-refractivity contribution in [2.75, 3.05) is 17.2 Å². The molecule has 31 heavy (non-hydrogen) atoms. The van der Waals surface area contributed by atoms with Crippen molar-refractivity contribution in [3.63, 3.8) is 0 Å². The molecule has 0 aromatic heterocycles. The Labute approximate surface area is 190 Å². The van der Waals surface area contributed by atoms with Crippen LogP contribution < -0.4 is 20.7 Å². The van der Waals surface area contributed by atoms with Crippen molar-refractivity contribution >= 4 is 52.1 Å². The Kier molecular flexibility index (Phi) is 7.59. The summed E-state index contributed by atoms with van der Waals surface area (Å²) in [6, 6.07) is 20.5. The lowest BCUT2D eigenvalue weighted by atomic mass is 10.2. The number of anilines is 2. The lowest BCUT2D eigenvalue weighted by molar-refractivity contribution is 0.0972. The Hall–Kier alpha value is -3.42. The van der Waals surface area contributed by atoms with Gasteiger partial charge in [-0.15, -0.1) is 0 Å². The number of carbonyl (C=O) groups is 2. The van der Waals surface area contributed by atoms with Gasteiger partial charge in [0.1, 0.15) is 5.75 Å². The summed E-state index contributed by atoms with van der Waals surface area (Å²) in [6.07, 6.45) is 0. The van der Waals surface area contributed by atoms with Gasteiger partial charge in [-0.05, 0) is 67.7 Å². The Balaban J connectivity index is 1.64. The van der Waals surface area contributed by atoms with Crippen LogP contribution in [-0.2, 0) is 0 Å². The Bertz CT molecular complexity index is 1120. The molecule has 0 radical (unpaired) electrons. The van der Waals surface area contributed by atoms with Crippen LogP contribution >= 0.6 is 23.8 Å². The molecule has 0 fully saturated rings. The predicted octanol–water partition coefficient (Wildman–Crippen LogP) is 5.12. The minimum atomic E-state index is -0.392. The van der Waals surface area contributed by atoms with Crippen LogP contribution in [0.25, 0.3) is 0 Å². The molecule has 0 heterocycles. The van der Waals surface area contributed by atoms with Gasteiger partial charge in [0, 0.05) is 22.0 Å². The van der Waals surface area contributed by atoms with E-state index in [-0.39, 0.29) is 11.0 Å². The van der Waals surface area contributed by atoms with Gasteiger partial charge >= 0.3 is 0 Å². The number of benzene rings is 3. The zero-order valence-electron chi connectivity index (χ0n) is 16.6. The molecule has 0 saturated heterocycles. The maximum atomic E-state index is 12.6. The number of thiocarbonyl (C=S) groups is 1. The van der Waals surface area contributed by atoms with Crippen LogP contribution in [0.15, 0.2) is 72.8 Å². The number of rotatable bonds is 6. The minimum Gasteiger partial charge on any atom is -0.493 e. The topological polar surface area (TPSA) is 79.5 Å². The van der Waals surface area contributed by atoms with Gasteiger partial charge < -0.3 is 15.4 Å². The summed E-state index contributed by atoms with van der Waals surface area (Å²) in [7, 11) is 0. The summed E-state index contributed by atoms with van der Waals surface area (Å²) in [5.41, 5.74) is 1.94. The number of hydrogen-bond acceptors (Lipinski definition) is 4. The van der Waals surface area contributed by atoms with Crippen LogP contribution in [-0.4, -0.2) is 23.5 Å². The average molecular weight is 454 g/mol. The van der Waals surface area contributed by atoms with Crippen LogP contribution in [0.4, 0.5) is 11.4 Å². The van der Waals surface area contributed by atoms with Gasteiger partial charge in [-0.1, -0.05) is 35.9 Å². The maximum Gasteiger partial charge on any atom is 0.261 e. The summed E-state index contributed by atoms with van der Waals surface area (Å²) >= 11 is 11.2. The first kappa shape index (κ1) is 22.3. The Morgan fingerprint density at radius 1 is 0.903 bits per heavy atom. The molecule has 0 saturated carbocycles. The van der Waals surface area contributed by atoms with Gasteiger partial charge in [-0.25, -0.2) is 0 Å². The third-order valence-corrected chi connectivity index (χ3v) is 4.56. The second-order valence-electron chi connectivity index (χ2n) is 6.38. The van der Waals surface area contributed by atoms with E-state index in [1.165, 1.54) is 0 Å². The Morgan fingerprint density at radius 2 is 1.61 bits per heavy atom. The summed E-state index contributed by atoms with van der Waals surface area (Å²) in [5.74, 6) is -0.215. The van der Waals surface area contributed by atoms with Crippen molar-refractivity contribution in [2.24, 2.45) is 0 Å². The maximum absolute atomic E-state index is 12.6. The standard InChI is InChI=1S/C23H20ClN3O3S/c1-2-30-20-12-4-3-11-19(20)22(29)27-23(31)26-17-9-5-7-15(13-17)21(28)25-18-10-6-8-16(24)14-18/h3-14H,2H2,1H3,(H,25,28)(H2,26,27,29,31). The molecule has 3 rings (SSSR count). The molecule has 8 heteroatoms. The third-order valence-electron chi connectivity index (χ3n) is 4.12. The number of carbonyl (C=O) groups excluding carboxylic acids is 2. The molecule has 2 amide bonds. The van der Waals surface area contributed by atoms with Crippen molar-refractivity contribution in [3.05, 3.63) is 88.9 Å². The monoisotopic (exact) mass is 453 g/mol. The molecule has 3 N–H and O–H groups in total. The number of amides is 2. The lowest BCUT2D eigenvalue weighted by Gasteiger charge is -2.13. The van der Waals surface area contributed by atoms with Gasteiger partial charge in [-0.2, -0.15) is 0 Å². The fourth-order valence-corrected chi connectivity index (χ4v) is 3.18. The number of halogens is 1. The van der Waals surface area contributed by atoms with Crippen LogP contribution in [0, 0.1) is 0 Å². The van der Waals surface area contributed by atoms with Crippen LogP contribution in [0.5, 0.6) is 5.75 Å². The molecular formula is C23H20ClN3O3S. The van der Waals surface area contributed by atoms with E-state index in [1.54, 1.807) is 72.8 Å². The highest BCUT2D eigenvalue weighted by atomic mass is 35.5. The second-order valence-corrected chi connectivity index (χ2v) is 7.23. The number of para-hydroxylation sites is 1. The van der Waals surface area contributed by atoms with Crippen LogP contribution in [0.2, 0.25) is 5.02 Å². The van der Waals surface area contributed by atoms with Gasteiger partial charge in [0.25, 0.3) is 11.8 Å². The molecule has 6 nitrogen and oxygen atoms in total. The van der Waals surface area contributed by atoms with E-state index in [4.69, 9.17) is 28.6 Å². The number of hydrogen-bond donors (Lipinski definition) is 3. The zero-order chi connectivity index (χ0) is 22.2. The summed E-state index contributed by atoms with van der Waals surface area (Å²) in [6.45, 7) is 2.29. The molecule has 0 aliphatic carbocycles. The molecule has 0 aliphatic rings. The van der Waals surface area contributed by atoms with E-state index in [9.17, 15) is 9.59 Å². The van der Waals surface area contributed by atoms with E-state index in [0.29, 0.717) is 39.9 Å². The number of nitrogens with one attached hydrogen (secondary N) is 3. The predicted molar refractivity (Wildman–Crippen MR) is 127 cm³/mol. The summed E-state index contributed by atoms with van der Waals surface area (Å²) in [5, 5.41) is 8.96. The molecule has 3 aromatic rings. The minimum absolute atomic E-state index is 0.101. The van der Waals surface area contributed by atoms with Gasteiger partial charge in [-0.3, -0.25) is 14.9 Å². The molecule has 0 atom stereocenters. The molecule has 158 valence electrons. The second kappa shape index (κ2) is 10.6. The van der Waals surface area contributed by atoms with Crippen LogP contribution in [0.1, 0.15) is 27.6 Å². The smallest absolute Gasteiger partial charge is 0.261 e. The molecule has 0 unspecified atom stereocenters. The average Bonchev–Trinajstić information content (AvgIpc) is 2.74. The van der Waals surface area contributed by atoms with E-state index in [2.05, 4.69) is 16.0 Å². The molecule has 3 aromatic carbocycles. The van der Waals surface area contributed by atoms with E-state index in [0.717, 1.165) is 0 Å². The number of ether oxygens (including phenoxy) is 1. The fourth-order valence-electron chi connectivity index (χ4n) is 2.78. The van der Waals surface area contributed by atoms with Crippen LogP contribution in [0.3, 0.4) is 0 Å². The van der Waals surface area contributed by atoms with Gasteiger partial charge in [0.15, 0.2) is 5.11 Å². The first-order chi connectivity index (χ1) is 15.0. The molecule has 0 spiro atoms. The SMILES string of the molecule is CCOc1ccccc1C(=O)NC(=S)Nc1cccc(C(=O)Nc2cccc(Cl)c2)c1. The normalized spacial score (nSPS) is 10.1. The highest BCUT2D eigenvalue weighted by Gasteiger charge is 2.14. The van der Waals surface area contributed by atoms with E-state index in [1.807, 2.05) is 6.92 Å². The van der Waals surface area contributed by atoms with E-state index < -0.39 is 5.91 Å². The first-order valence-electron chi connectivity index (χ1n) is 9.47. The van der Waals surface area contributed by atoms with Gasteiger partial charge in [0.05, 0.1) is 12.2 Å². The highest BCUT2D eigenvalue weighted by molar-refractivity contribution is 7.80. The molecular weight excluding hydrogens is 434 g/mol. The van der Waals surface area contributed by atoms with Gasteiger partial charge in [0.2, 0.25) is 0 Å². The van der Waals surface area contributed by atoms with Crippen molar-refractivity contribution in [3.8, 4) is 5.75 Å². The summed E-state index contributed by atoms with van der Waals surface area (Å²) < 4.78 is 5.48. The largest absolute Gasteiger partial charge is 0.493 e. The van der Waals surface area contributed by atoms with Crippen molar-refractivity contribution in [1.82, 2.24) is 5.32 Å². The van der Waals surface area contributed by atoms with Crippen molar-refractivity contribution in [2.45, 2.75) is 6.92 Å². The molecule has 0 aliphatic heterocycles. The lowest BCUT2D eigenvalue weighted by Crippen LogP contribution is -2.34. The summed E-state index contributed by atoms with van der Waals surface area (Å²) in [4.78, 5) is 25.1. The zero-order valence-corrected chi connectivity index (χ0v) is 18.2. The quantitative estimate of drug-likeness (QED) is 0.451. The molecule has 0 bridgehead atoms. The Morgan fingerprint density at radius 3 is 2.35 bits per heavy atom. The van der Waals surface area contributed by atoms with Crippen molar-refractivity contribution in [1.29, 1.82) is 0 Å². The fraction of sp³-hybridized carbons (Fsp3) is 0.0870.